The van der Waals surface area contributed by atoms with Crippen molar-refractivity contribution in [1.29, 1.82) is 0 Å². The Hall–Kier alpha value is -2.11. The fraction of sp³-hybridized carbons (Fsp3) is 0.286. The minimum atomic E-state index is -0.204. The van der Waals surface area contributed by atoms with Crippen LogP contribution in [0.4, 0.5) is 4.39 Å². The lowest BCUT2D eigenvalue weighted by molar-refractivity contribution is 0.0146. The molecule has 1 aliphatic rings. The first-order chi connectivity index (χ1) is 12.7. The summed E-state index contributed by atoms with van der Waals surface area (Å²) in [5, 5.41) is 0. The van der Waals surface area contributed by atoms with E-state index in [1.54, 1.807) is 30.1 Å². The molecule has 26 heavy (non-hydrogen) atoms. The van der Waals surface area contributed by atoms with Crippen molar-refractivity contribution in [2.24, 2.45) is 0 Å². The molecule has 0 saturated carbocycles. The van der Waals surface area contributed by atoms with E-state index in [9.17, 15) is 4.39 Å². The van der Waals surface area contributed by atoms with Crippen LogP contribution in [-0.4, -0.2) is 16.2 Å². The highest BCUT2D eigenvalue weighted by atomic mass is 32.2. The fourth-order valence-corrected chi connectivity index (χ4v) is 4.21. The predicted molar refractivity (Wildman–Crippen MR) is 101 cm³/mol. The van der Waals surface area contributed by atoms with E-state index in [0.717, 1.165) is 52.7 Å². The average molecular weight is 368 g/mol. The zero-order valence-corrected chi connectivity index (χ0v) is 15.5. The molecule has 0 bridgehead atoms. The Balaban J connectivity index is 1.53. The van der Waals surface area contributed by atoms with Crippen LogP contribution in [0.2, 0.25) is 0 Å². The normalized spacial score (nSPS) is 17.4. The molecule has 1 unspecified atom stereocenters. The molecule has 0 spiro atoms. The second kappa shape index (κ2) is 7.64. The Labute approximate surface area is 157 Å². The van der Waals surface area contributed by atoms with Crippen molar-refractivity contribution in [2.75, 3.05) is 6.61 Å². The molecule has 3 nitrogen and oxygen atoms in total. The quantitative estimate of drug-likeness (QED) is 0.590. The first-order valence-corrected chi connectivity index (χ1v) is 9.71. The molecule has 3 aromatic rings. The van der Waals surface area contributed by atoms with E-state index in [1.807, 2.05) is 17.7 Å². The van der Waals surface area contributed by atoms with Crippen LogP contribution in [-0.2, 0) is 4.74 Å². The maximum Gasteiger partial charge on any atom is 0.124 e. The SMILES string of the molecule is Cc1nccn1-c1ccc(Sc2cc(F)cc(C3CCCCO3)c2)cc1. The molecule has 0 N–H and O–H groups in total. The van der Waals surface area contributed by atoms with Gasteiger partial charge in [-0.1, -0.05) is 11.8 Å². The summed E-state index contributed by atoms with van der Waals surface area (Å²) in [7, 11) is 0. The summed E-state index contributed by atoms with van der Waals surface area (Å²) >= 11 is 1.57. The molecule has 1 fully saturated rings. The monoisotopic (exact) mass is 368 g/mol. The third-order valence-electron chi connectivity index (χ3n) is 4.62. The van der Waals surface area contributed by atoms with Crippen LogP contribution >= 0.6 is 11.8 Å². The lowest BCUT2D eigenvalue weighted by Gasteiger charge is -2.23. The summed E-state index contributed by atoms with van der Waals surface area (Å²) in [5.41, 5.74) is 2.01. The summed E-state index contributed by atoms with van der Waals surface area (Å²) in [6.07, 6.45) is 6.95. The molecule has 134 valence electrons. The number of benzene rings is 2. The first-order valence-electron chi connectivity index (χ1n) is 8.89. The molecule has 2 heterocycles. The van der Waals surface area contributed by atoms with Gasteiger partial charge in [0.1, 0.15) is 11.6 Å². The molecular formula is C21H21FN2OS. The van der Waals surface area contributed by atoms with Gasteiger partial charge in [0.05, 0.1) is 6.10 Å². The molecule has 4 rings (SSSR count). The first kappa shape index (κ1) is 17.3. The maximum absolute atomic E-state index is 14.1. The number of aromatic nitrogens is 2. The number of halogens is 1. The van der Waals surface area contributed by atoms with E-state index in [2.05, 4.69) is 35.3 Å². The van der Waals surface area contributed by atoms with Crippen molar-refractivity contribution in [3.8, 4) is 5.69 Å². The molecule has 5 heteroatoms. The van der Waals surface area contributed by atoms with Gasteiger partial charge >= 0.3 is 0 Å². The Morgan fingerprint density at radius 3 is 2.65 bits per heavy atom. The van der Waals surface area contributed by atoms with Gasteiger partial charge in [-0.05, 0) is 74.2 Å². The Morgan fingerprint density at radius 2 is 1.96 bits per heavy atom. The molecule has 1 saturated heterocycles. The topological polar surface area (TPSA) is 27.1 Å². The van der Waals surface area contributed by atoms with Crippen molar-refractivity contribution < 1.29 is 9.13 Å². The van der Waals surface area contributed by atoms with E-state index in [4.69, 9.17) is 4.74 Å². The smallest absolute Gasteiger partial charge is 0.124 e. The van der Waals surface area contributed by atoms with Crippen LogP contribution in [0.25, 0.3) is 5.69 Å². The van der Waals surface area contributed by atoms with Gasteiger partial charge in [0.15, 0.2) is 0 Å². The van der Waals surface area contributed by atoms with Crippen LogP contribution in [0.5, 0.6) is 0 Å². The zero-order valence-electron chi connectivity index (χ0n) is 14.7. The van der Waals surface area contributed by atoms with Crippen LogP contribution in [0, 0.1) is 12.7 Å². The van der Waals surface area contributed by atoms with E-state index >= 15 is 0 Å². The number of nitrogens with zero attached hydrogens (tertiary/aromatic N) is 2. The molecule has 0 aliphatic carbocycles. The van der Waals surface area contributed by atoms with Crippen LogP contribution in [0.1, 0.15) is 36.8 Å². The largest absolute Gasteiger partial charge is 0.374 e. The highest BCUT2D eigenvalue weighted by Crippen LogP contribution is 2.34. The number of imidazole rings is 1. The average Bonchev–Trinajstić information content (AvgIpc) is 3.09. The number of ether oxygens (including phenoxy) is 1. The van der Waals surface area contributed by atoms with Gasteiger partial charge in [0, 0.05) is 34.5 Å². The predicted octanol–water partition coefficient (Wildman–Crippen LogP) is 5.71. The molecule has 2 aromatic carbocycles. The maximum atomic E-state index is 14.1. The van der Waals surface area contributed by atoms with Gasteiger partial charge in [-0.2, -0.15) is 0 Å². The van der Waals surface area contributed by atoms with E-state index in [0.29, 0.717) is 0 Å². The van der Waals surface area contributed by atoms with Gasteiger partial charge in [-0.3, -0.25) is 0 Å². The van der Waals surface area contributed by atoms with E-state index in [-0.39, 0.29) is 11.9 Å². The van der Waals surface area contributed by atoms with E-state index in [1.165, 1.54) is 0 Å². The number of rotatable bonds is 4. The lowest BCUT2D eigenvalue weighted by atomic mass is 10.0. The van der Waals surface area contributed by atoms with Gasteiger partial charge in [-0.25, -0.2) is 9.37 Å². The molecule has 1 aromatic heterocycles. The Kier molecular flexibility index (Phi) is 5.09. The number of hydrogen-bond donors (Lipinski definition) is 0. The van der Waals surface area contributed by atoms with Gasteiger partial charge < -0.3 is 9.30 Å². The third kappa shape index (κ3) is 3.84. The zero-order chi connectivity index (χ0) is 17.9. The Bertz CT molecular complexity index is 885. The van der Waals surface area contributed by atoms with Crippen molar-refractivity contribution in [1.82, 2.24) is 9.55 Å². The molecular weight excluding hydrogens is 347 g/mol. The standard InChI is InChI=1S/C21H21FN2OS/c1-15-23-9-10-24(15)18-5-7-19(8-6-18)26-20-13-16(12-17(22)14-20)21-4-2-3-11-25-21/h5-10,12-14,21H,2-4,11H2,1H3. The van der Waals surface area contributed by atoms with Gasteiger partial charge in [-0.15, -0.1) is 0 Å². The minimum absolute atomic E-state index is 0.0189. The van der Waals surface area contributed by atoms with Crippen LogP contribution < -0.4 is 0 Å². The molecule has 1 atom stereocenters. The summed E-state index contributed by atoms with van der Waals surface area (Å²) in [6.45, 7) is 2.74. The van der Waals surface area contributed by atoms with Gasteiger partial charge in [0.25, 0.3) is 0 Å². The highest BCUT2D eigenvalue weighted by molar-refractivity contribution is 7.99. The second-order valence-corrected chi connectivity index (χ2v) is 7.66. The second-order valence-electron chi connectivity index (χ2n) is 6.52. The summed E-state index contributed by atoms with van der Waals surface area (Å²) in [4.78, 5) is 6.23. The summed E-state index contributed by atoms with van der Waals surface area (Å²) in [5.74, 6) is 0.748. The highest BCUT2D eigenvalue weighted by Gasteiger charge is 2.17. The number of hydrogen-bond acceptors (Lipinski definition) is 3. The Morgan fingerprint density at radius 1 is 1.12 bits per heavy atom. The van der Waals surface area contributed by atoms with Crippen LogP contribution in [0.3, 0.4) is 0 Å². The molecule has 1 aliphatic heterocycles. The minimum Gasteiger partial charge on any atom is -0.374 e. The summed E-state index contributed by atoms with van der Waals surface area (Å²) < 4.78 is 21.9. The molecule has 0 amide bonds. The fourth-order valence-electron chi connectivity index (χ4n) is 3.29. The third-order valence-corrected chi connectivity index (χ3v) is 5.60. The van der Waals surface area contributed by atoms with E-state index < -0.39 is 0 Å². The van der Waals surface area contributed by atoms with Crippen molar-refractivity contribution in [3.63, 3.8) is 0 Å². The lowest BCUT2D eigenvalue weighted by Crippen LogP contribution is -2.11. The van der Waals surface area contributed by atoms with Crippen molar-refractivity contribution in [2.45, 2.75) is 42.1 Å². The van der Waals surface area contributed by atoms with Crippen LogP contribution in [0.15, 0.2) is 64.6 Å². The molecule has 0 radical (unpaired) electrons. The van der Waals surface area contributed by atoms with Crippen molar-refractivity contribution in [3.05, 3.63) is 72.1 Å². The van der Waals surface area contributed by atoms with Gasteiger partial charge in [0.2, 0.25) is 0 Å². The number of aryl methyl sites for hydroxylation is 1. The summed E-state index contributed by atoms with van der Waals surface area (Å²) in [6, 6.07) is 13.5. The van der Waals surface area contributed by atoms with Crippen molar-refractivity contribution >= 4 is 11.8 Å².